The van der Waals surface area contributed by atoms with Gasteiger partial charge in [0.1, 0.15) is 5.01 Å². The minimum absolute atomic E-state index is 0.351. The summed E-state index contributed by atoms with van der Waals surface area (Å²) in [7, 11) is 0. The Morgan fingerprint density at radius 1 is 1.39 bits per heavy atom. The lowest BCUT2D eigenvalue weighted by atomic mass is 9.98. The van der Waals surface area contributed by atoms with Gasteiger partial charge >= 0.3 is 0 Å². The van der Waals surface area contributed by atoms with Crippen LogP contribution in [0.3, 0.4) is 0 Å². The highest BCUT2D eigenvalue weighted by atomic mass is 32.1. The lowest BCUT2D eigenvalue weighted by Crippen LogP contribution is -2.15. The summed E-state index contributed by atoms with van der Waals surface area (Å²) in [5, 5.41) is 14.3. The highest BCUT2D eigenvalue weighted by Crippen LogP contribution is 2.39. The van der Waals surface area contributed by atoms with Crippen molar-refractivity contribution in [1.29, 1.82) is 0 Å². The Labute approximate surface area is 110 Å². The van der Waals surface area contributed by atoms with E-state index in [-0.39, 0.29) is 0 Å². The third kappa shape index (κ3) is 2.14. The average molecular weight is 265 g/mol. The van der Waals surface area contributed by atoms with Gasteiger partial charge in [-0.1, -0.05) is 25.2 Å². The Kier molecular flexibility index (Phi) is 3.07. The molecule has 0 bridgehead atoms. The zero-order valence-corrected chi connectivity index (χ0v) is 11.7. The first-order valence-corrected chi connectivity index (χ1v) is 7.42. The highest BCUT2D eigenvalue weighted by Gasteiger charge is 2.30. The van der Waals surface area contributed by atoms with E-state index in [1.165, 1.54) is 12.8 Å². The van der Waals surface area contributed by atoms with E-state index in [9.17, 15) is 0 Å². The van der Waals surface area contributed by atoms with Crippen LogP contribution in [0.1, 0.15) is 55.8 Å². The SMILES string of the molecule is CC(C)CC(CN)c1nn2c(C3CC3)nnc2s1. The smallest absolute Gasteiger partial charge is 0.234 e. The maximum atomic E-state index is 5.88. The molecule has 2 heterocycles. The first-order chi connectivity index (χ1) is 8.69. The number of nitrogens with two attached hydrogens (primary N) is 1. The molecule has 1 unspecified atom stereocenters. The van der Waals surface area contributed by atoms with E-state index >= 15 is 0 Å². The molecule has 1 saturated carbocycles. The van der Waals surface area contributed by atoms with Crippen molar-refractivity contribution in [1.82, 2.24) is 19.8 Å². The summed E-state index contributed by atoms with van der Waals surface area (Å²) in [5.41, 5.74) is 5.88. The molecule has 0 radical (unpaired) electrons. The van der Waals surface area contributed by atoms with Gasteiger partial charge in [0, 0.05) is 18.4 Å². The first-order valence-electron chi connectivity index (χ1n) is 6.61. The minimum Gasteiger partial charge on any atom is -0.330 e. The maximum Gasteiger partial charge on any atom is 0.234 e. The van der Waals surface area contributed by atoms with Gasteiger partial charge in [-0.3, -0.25) is 0 Å². The number of aromatic nitrogens is 4. The molecule has 1 fully saturated rings. The van der Waals surface area contributed by atoms with Crippen molar-refractivity contribution < 1.29 is 0 Å². The molecule has 3 rings (SSSR count). The van der Waals surface area contributed by atoms with Gasteiger partial charge in [-0.15, -0.1) is 10.2 Å². The van der Waals surface area contributed by atoms with E-state index in [2.05, 4.69) is 29.1 Å². The van der Waals surface area contributed by atoms with Gasteiger partial charge in [0.05, 0.1) is 0 Å². The summed E-state index contributed by atoms with van der Waals surface area (Å²) in [6.45, 7) is 5.10. The third-order valence-electron chi connectivity index (χ3n) is 3.36. The molecule has 0 aliphatic heterocycles. The fourth-order valence-corrected chi connectivity index (χ4v) is 3.25. The molecule has 0 saturated heterocycles. The van der Waals surface area contributed by atoms with Gasteiger partial charge in [0.2, 0.25) is 4.96 Å². The second-order valence-electron chi connectivity index (χ2n) is 5.53. The molecule has 1 aliphatic carbocycles. The van der Waals surface area contributed by atoms with Crippen molar-refractivity contribution in [3.05, 3.63) is 10.8 Å². The summed E-state index contributed by atoms with van der Waals surface area (Å²) in [6, 6.07) is 0. The number of hydrogen-bond donors (Lipinski definition) is 1. The first kappa shape index (κ1) is 12.0. The fraction of sp³-hybridized carbons (Fsp3) is 0.750. The molecule has 2 aromatic rings. The van der Waals surface area contributed by atoms with Crippen LogP contribution in [0.2, 0.25) is 0 Å². The Morgan fingerprint density at radius 3 is 2.78 bits per heavy atom. The number of nitrogens with zero attached hydrogens (tertiary/aromatic N) is 4. The molecule has 98 valence electrons. The van der Waals surface area contributed by atoms with E-state index in [0.717, 1.165) is 22.2 Å². The molecule has 0 aromatic carbocycles. The van der Waals surface area contributed by atoms with E-state index < -0.39 is 0 Å². The number of rotatable bonds is 5. The standard InChI is InChI=1S/C12H19N5S/c1-7(2)5-9(6-13)11-16-17-10(8-3-4-8)14-15-12(17)18-11/h7-9H,3-6,13H2,1-2H3. The van der Waals surface area contributed by atoms with E-state index in [1.54, 1.807) is 11.3 Å². The summed E-state index contributed by atoms with van der Waals surface area (Å²) < 4.78 is 1.93. The van der Waals surface area contributed by atoms with E-state index in [1.807, 2.05) is 4.52 Å². The normalized spacial score (nSPS) is 17.8. The Bertz CT molecular complexity index is 540. The minimum atomic E-state index is 0.351. The van der Waals surface area contributed by atoms with Crippen LogP contribution in [0, 0.1) is 5.92 Å². The summed E-state index contributed by atoms with van der Waals surface area (Å²) in [5.74, 6) is 2.60. The monoisotopic (exact) mass is 265 g/mol. The third-order valence-corrected chi connectivity index (χ3v) is 4.42. The average Bonchev–Trinajstić information content (AvgIpc) is 2.96. The molecular formula is C12H19N5S. The highest BCUT2D eigenvalue weighted by molar-refractivity contribution is 7.16. The van der Waals surface area contributed by atoms with Crippen LogP contribution in [0.5, 0.6) is 0 Å². The molecule has 2 N–H and O–H groups in total. The van der Waals surface area contributed by atoms with Gasteiger partial charge in [0.25, 0.3) is 0 Å². The predicted molar refractivity (Wildman–Crippen MR) is 71.9 cm³/mol. The van der Waals surface area contributed by atoms with Crippen molar-refractivity contribution in [2.45, 2.75) is 44.9 Å². The number of hydrogen-bond acceptors (Lipinski definition) is 5. The summed E-state index contributed by atoms with van der Waals surface area (Å²) >= 11 is 1.64. The molecule has 0 spiro atoms. The van der Waals surface area contributed by atoms with Crippen LogP contribution in [0.15, 0.2) is 0 Å². The second-order valence-corrected chi connectivity index (χ2v) is 6.52. The topological polar surface area (TPSA) is 69.1 Å². The van der Waals surface area contributed by atoms with Gasteiger partial charge < -0.3 is 5.73 Å². The fourth-order valence-electron chi connectivity index (χ4n) is 2.27. The molecule has 0 amide bonds. The van der Waals surface area contributed by atoms with Gasteiger partial charge in [-0.2, -0.15) is 9.61 Å². The molecule has 5 nitrogen and oxygen atoms in total. The summed E-state index contributed by atoms with van der Waals surface area (Å²) in [6.07, 6.45) is 3.53. The van der Waals surface area contributed by atoms with Crippen LogP contribution in [0.25, 0.3) is 4.96 Å². The van der Waals surface area contributed by atoms with Crippen LogP contribution in [-0.4, -0.2) is 26.4 Å². The van der Waals surface area contributed by atoms with Crippen molar-refractivity contribution in [2.24, 2.45) is 11.7 Å². The largest absolute Gasteiger partial charge is 0.330 e. The van der Waals surface area contributed by atoms with Crippen LogP contribution < -0.4 is 5.73 Å². The van der Waals surface area contributed by atoms with Crippen LogP contribution >= 0.6 is 11.3 Å². The zero-order chi connectivity index (χ0) is 12.7. The van der Waals surface area contributed by atoms with E-state index in [0.29, 0.717) is 24.3 Å². The van der Waals surface area contributed by atoms with Gasteiger partial charge in [-0.25, -0.2) is 0 Å². The van der Waals surface area contributed by atoms with Gasteiger partial charge in [0.15, 0.2) is 5.82 Å². The lowest BCUT2D eigenvalue weighted by molar-refractivity contribution is 0.499. The van der Waals surface area contributed by atoms with Crippen molar-refractivity contribution in [2.75, 3.05) is 6.54 Å². The molecule has 2 aromatic heterocycles. The Hall–Kier alpha value is -1.01. The Balaban J connectivity index is 1.91. The number of fused-ring (bicyclic) bond motifs is 1. The Morgan fingerprint density at radius 2 is 2.17 bits per heavy atom. The zero-order valence-electron chi connectivity index (χ0n) is 10.8. The molecule has 18 heavy (non-hydrogen) atoms. The second kappa shape index (κ2) is 4.59. The van der Waals surface area contributed by atoms with E-state index in [4.69, 9.17) is 5.73 Å². The predicted octanol–water partition coefficient (Wildman–Crippen LogP) is 2.15. The van der Waals surface area contributed by atoms with Crippen LogP contribution in [0.4, 0.5) is 0 Å². The van der Waals surface area contributed by atoms with Crippen LogP contribution in [-0.2, 0) is 0 Å². The lowest BCUT2D eigenvalue weighted by Gasteiger charge is -2.13. The molecule has 1 atom stereocenters. The molecule has 1 aliphatic rings. The quantitative estimate of drug-likeness (QED) is 0.899. The van der Waals surface area contributed by atoms with Crippen molar-refractivity contribution >= 4 is 16.3 Å². The van der Waals surface area contributed by atoms with Gasteiger partial charge in [-0.05, 0) is 25.2 Å². The van der Waals surface area contributed by atoms with Crippen molar-refractivity contribution in [3.8, 4) is 0 Å². The molecule has 6 heteroatoms. The maximum absolute atomic E-state index is 5.88. The summed E-state index contributed by atoms with van der Waals surface area (Å²) in [4.78, 5) is 0.911. The van der Waals surface area contributed by atoms with Crippen molar-refractivity contribution in [3.63, 3.8) is 0 Å². The molecular weight excluding hydrogens is 246 g/mol.